The van der Waals surface area contributed by atoms with Crippen LogP contribution in [0.5, 0.6) is 0 Å². The number of aromatic nitrogens is 1. The van der Waals surface area contributed by atoms with Crippen molar-refractivity contribution in [2.24, 2.45) is 5.14 Å². The fourth-order valence-corrected chi connectivity index (χ4v) is 3.36. The lowest BCUT2D eigenvalue weighted by molar-refractivity contribution is -0.137. The van der Waals surface area contributed by atoms with Crippen LogP contribution in [0.1, 0.15) is 5.56 Å². The quantitative estimate of drug-likeness (QED) is 0.648. The summed E-state index contributed by atoms with van der Waals surface area (Å²) < 4.78 is 89.9. The highest BCUT2D eigenvalue weighted by Crippen LogP contribution is 2.36. The Balaban J connectivity index is 2.20. The van der Waals surface area contributed by atoms with E-state index in [2.05, 4.69) is 4.98 Å². The number of nitrogens with zero attached hydrogens (tertiary/aromatic N) is 1. The molecule has 4 nitrogen and oxygen atoms in total. The van der Waals surface area contributed by atoms with Crippen LogP contribution in [-0.2, 0) is 16.2 Å². The molecule has 146 valence electrons. The number of pyridine rings is 1. The van der Waals surface area contributed by atoms with Gasteiger partial charge in [-0.2, -0.15) is 13.2 Å². The first-order valence-electron chi connectivity index (χ1n) is 7.63. The second kappa shape index (κ2) is 6.95. The molecule has 0 saturated carbocycles. The van der Waals surface area contributed by atoms with E-state index in [-0.39, 0.29) is 22.4 Å². The molecular formula is C18H11F5N2O2S. The van der Waals surface area contributed by atoms with Crippen LogP contribution in [0, 0.1) is 11.6 Å². The van der Waals surface area contributed by atoms with Crippen molar-refractivity contribution in [1.29, 1.82) is 0 Å². The minimum Gasteiger partial charge on any atom is -0.256 e. The van der Waals surface area contributed by atoms with Gasteiger partial charge in [0, 0.05) is 17.3 Å². The molecule has 0 fully saturated rings. The summed E-state index contributed by atoms with van der Waals surface area (Å²) in [5.41, 5.74) is -0.801. The van der Waals surface area contributed by atoms with Crippen LogP contribution in [0.25, 0.3) is 22.4 Å². The van der Waals surface area contributed by atoms with E-state index in [4.69, 9.17) is 5.14 Å². The Morgan fingerprint density at radius 3 is 2.11 bits per heavy atom. The zero-order valence-electron chi connectivity index (χ0n) is 13.8. The highest BCUT2D eigenvalue weighted by Gasteiger charge is 2.31. The third-order valence-corrected chi connectivity index (χ3v) is 4.82. The van der Waals surface area contributed by atoms with Crippen LogP contribution >= 0.6 is 0 Å². The molecule has 2 aromatic carbocycles. The predicted octanol–water partition coefficient (Wildman–Crippen LogP) is 4.36. The van der Waals surface area contributed by atoms with Gasteiger partial charge in [-0.25, -0.2) is 22.3 Å². The van der Waals surface area contributed by atoms with Gasteiger partial charge in [0.1, 0.15) is 11.6 Å². The van der Waals surface area contributed by atoms with Gasteiger partial charge in [0.25, 0.3) is 0 Å². The van der Waals surface area contributed by atoms with Gasteiger partial charge < -0.3 is 0 Å². The number of primary sulfonamides is 1. The zero-order chi connectivity index (χ0) is 20.7. The van der Waals surface area contributed by atoms with Crippen molar-refractivity contribution in [3.05, 3.63) is 71.9 Å². The van der Waals surface area contributed by atoms with Crippen molar-refractivity contribution >= 4 is 10.0 Å². The highest BCUT2D eigenvalue weighted by atomic mass is 32.2. The molecule has 0 saturated heterocycles. The maximum atomic E-state index is 14.2. The van der Waals surface area contributed by atoms with Crippen molar-refractivity contribution < 1.29 is 30.4 Å². The summed E-state index contributed by atoms with van der Waals surface area (Å²) in [5, 5.41) is 4.80. The molecule has 0 atom stereocenters. The molecule has 0 aliphatic rings. The summed E-state index contributed by atoms with van der Waals surface area (Å²) in [5.74, 6) is -2.84. The van der Waals surface area contributed by atoms with E-state index in [0.29, 0.717) is 0 Å². The van der Waals surface area contributed by atoms with Crippen LogP contribution in [0.3, 0.4) is 0 Å². The number of hydrogen-bond donors (Lipinski definition) is 1. The molecule has 3 aromatic rings. The first kappa shape index (κ1) is 19.9. The minimum absolute atomic E-state index is 0.0377. The summed E-state index contributed by atoms with van der Waals surface area (Å²) in [6.45, 7) is 0. The van der Waals surface area contributed by atoms with Gasteiger partial charge in [-0.15, -0.1) is 0 Å². The van der Waals surface area contributed by atoms with Crippen LogP contribution in [0.4, 0.5) is 22.0 Å². The Kier molecular flexibility index (Phi) is 4.94. The van der Waals surface area contributed by atoms with Gasteiger partial charge in [-0.3, -0.25) is 4.98 Å². The molecule has 0 amide bonds. The monoisotopic (exact) mass is 414 g/mol. The highest BCUT2D eigenvalue weighted by molar-refractivity contribution is 7.89. The lowest BCUT2D eigenvalue weighted by atomic mass is 9.98. The number of nitrogens with two attached hydrogens (primary N) is 1. The Hall–Kier alpha value is -2.85. The summed E-state index contributed by atoms with van der Waals surface area (Å²) in [7, 11) is -4.64. The van der Waals surface area contributed by atoms with Crippen molar-refractivity contribution in [2.75, 3.05) is 0 Å². The van der Waals surface area contributed by atoms with E-state index in [1.165, 1.54) is 30.5 Å². The number of sulfonamides is 1. The first-order chi connectivity index (χ1) is 13.0. The average molecular weight is 414 g/mol. The molecule has 0 radical (unpaired) electrons. The predicted molar refractivity (Wildman–Crippen MR) is 91.4 cm³/mol. The summed E-state index contributed by atoms with van der Waals surface area (Å²) >= 11 is 0. The molecule has 1 aromatic heterocycles. The van der Waals surface area contributed by atoms with Gasteiger partial charge in [-0.05, 0) is 35.9 Å². The second-order valence-electron chi connectivity index (χ2n) is 5.79. The molecule has 3 rings (SSSR count). The van der Waals surface area contributed by atoms with E-state index < -0.39 is 38.3 Å². The van der Waals surface area contributed by atoms with Crippen LogP contribution in [0.15, 0.2) is 59.6 Å². The molecule has 0 aliphatic carbocycles. The average Bonchev–Trinajstić information content (AvgIpc) is 2.59. The van der Waals surface area contributed by atoms with E-state index in [1.807, 2.05) is 0 Å². The molecule has 0 bridgehead atoms. The van der Waals surface area contributed by atoms with Crippen LogP contribution in [-0.4, -0.2) is 13.4 Å². The van der Waals surface area contributed by atoms with Crippen molar-refractivity contribution in [1.82, 2.24) is 4.98 Å². The van der Waals surface area contributed by atoms with Crippen molar-refractivity contribution in [3.63, 3.8) is 0 Å². The van der Waals surface area contributed by atoms with Gasteiger partial charge in [0.05, 0.1) is 11.3 Å². The molecule has 28 heavy (non-hydrogen) atoms. The topological polar surface area (TPSA) is 73.1 Å². The largest absolute Gasteiger partial charge is 0.416 e. The first-order valence-corrected chi connectivity index (χ1v) is 9.18. The maximum absolute atomic E-state index is 14.2. The number of hydrogen-bond acceptors (Lipinski definition) is 3. The standard InChI is InChI=1S/C18H11F5N2O2S/c19-14-8-11(9-15(20)17(14)28(24,26)27)13-5-2-6-25-16(13)10-3-1-4-12(7-10)18(21,22)23/h1-9H,(H2,24,26,27). The van der Waals surface area contributed by atoms with E-state index >= 15 is 0 Å². The van der Waals surface area contributed by atoms with Gasteiger partial charge in [0.2, 0.25) is 10.0 Å². The Labute approximate surface area is 156 Å². The third-order valence-electron chi connectivity index (χ3n) is 3.86. The third kappa shape index (κ3) is 3.87. The number of alkyl halides is 3. The van der Waals surface area contributed by atoms with Crippen LogP contribution < -0.4 is 5.14 Å². The molecule has 10 heteroatoms. The van der Waals surface area contributed by atoms with Gasteiger partial charge in [0.15, 0.2) is 4.90 Å². The smallest absolute Gasteiger partial charge is 0.256 e. The number of benzene rings is 2. The Bertz CT molecular complexity index is 1140. The zero-order valence-corrected chi connectivity index (χ0v) is 14.7. The lowest BCUT2D eigenvalue weighted by Gasteiger charge is -2.13. The normalized spacial score (nSPS) is 12.2. The number of halogens is 5. The summed E-state index contributed by atoms with van der Waals surface area (Å²) in [4.78, 5) is 2.73. The minimum atomic E-state index is -4.64. The lowest BCUT2D eigenvalue weighted by Crippen LogP contribution is -2.16. The second-order valence-corrected chi connectivity index (χ2v) is 7.29. The van der Waals surface area contributed by atoms with Gasteiger partial charge in [-0.1, -0.05) is 18.2 Å². The molecule has 1 heterocycles. The summed E-state index contributed by atoms with van der Waals surface area (Å²) in [6.07, 6.45) is -3.27. The maximum Gasteiger partial charge on any atom is 0.416 e. The fraction of sp³-hybridized carbons (Fsp3) is 0.0556. The van der Waals surface area contributed by atoms with Crippen LogP contribution in [0.2, 0.25) is 0 Å². The van der Waals surface area contributed by atoms with Crippen molar-refractivity contribution in [2.45, 2.75) is 11.1 Å². The van der Waals surface area contributed by atoms with Gasteiger partial charge >= 0.3 is 6.18 Å². The SMILES string of the molecule is NS(=O)(=O)c1c(F)cc(-c2cccnc2-c2cccc(C(F)(F)F)c2)cc1F. The molecular weight excluding hydrogens is 403 g/mol. The molecule has 0 unspecified atom stereocenters. The van der Waals surface area contributed by atoms with E-state index in [0.717, 1.165) is 24.3 Å². The Morgan fingerprint density at radius 2 is 1.54 bits per heavy atom. The molecule has 2 N–H and O–H groups in total. The molecule has 0 aliphatic heterocycles. The van der Waals surface area contributed by atoms with E-state index in [9.17, 15) is 30.4 Å². The van der Waals surface area contributed by atoms with E-state index in [1.54, 1.807) is 0 Å². The van der Waals surface area contributed by atoms with Crippen molar-refractivity contribution in [3.8, 4) is 22.4 Å². The molecule has 0 spiro atoms. The summed E-state index contributed by atoms with van der Waals surface area (Å²) in [6, 6.07) is 8.58. The number of rotatable bonds is 3. The fourth-order valence-electron chi connectivity index (χ4n) is 2.70. The Morgan fingerprint density at radius 1 is 0.893 bits per heavy atom.